The highest BCUT2D eigenvalue weighted by Gasteiger charge is 2.21. The van der Waals surface area contributed by atoms with Crippen molar-refractivity contribution in [1.82, 2.24) is 0 Å². The van der Waals surface area contributed by atoms with E-state index in [9.17, 15) is 14.7 Å². The standard InChI is InChI=1S/C21H24O4/c1-2-3-4-8-15-19(16-11-6-5-7-12-16)25-21(24)18-14-10-9-13-17(18)20(22)23/h5-7,9-14,19H,2-4,8,15H2,1H3,(H,22,23). The summed E-state index contributed by atoms with van der Waals surface area (Å²) >= 11 is 0. The van der Waals surface area contributed by atoms with Crippen LogP contribution in [0.3, 0.4) is 0 Å². The first-order valence-corrected chi connectivity index (χ1v) is 8.71. The minimum Gasteiger partial charge on any atom is -0.478 e. The molecule has 0 aromatic heterocycles. The molecule has 25 heavy (non-hydrogen) atoms. The summed E-state index contributed by atoms with van der Waals surface area (Å²) in [6.07, 6.45) is 4.70. The average Bonchev–Trinajstić information content (AvgIpc) is 2.64. The first kappa shape index (κ1) is 18.7. The third kappa shape index (κ3) is 5.45. The SMILES string of the molecule is CCCCCCC(OC(=O)c1ccccc1C(=O)O)c1ccccc1. The van der Waals surface area contributed by atoms with E-state index in [1.54, 1.807) is 12.1 Å². The molecule has 0 fully saturated rings. The van der Waals surface area contributed by atoms with Gasteiger partial charge in [-0.2, -0.15) is 0 Å². The minimum atomic E-state index is -1.13. The summed E-state index contributed by atoms with van der Waals surface area (Å²) in [4.78, 5) is 23.9. The van der Waals surface area contributed by atoms with Gasteiger partial charge in [-0.3, -0.25) is 0 Å². The molecular formula is C21H24O4. The number of carboxylic acids is 1. The lowest BCUT2D eigenvalue weighted by Gasteiger charge is -2.19. The Morgan fingerprint density at radius 3 is 2.20 bits per heavy atom. The van der Waals surface area contributed by atoms with Crippen molar-refractivity contribution in [3.8, 4) is 0 Å². The highest BCUT2D eigenvalue weighted by molar-refractivity contribution is 6.02. The van der Waals surface area contributed by atoms with Crippen molar-refractivity contribution in [3.63, 3.8) is 0 Å². The van der Waals surface area contributed by atoms with E-state index in [1.807, 2.05) is 30.3 Å². The Morgan fingerprint density at radius 1 is 0.920 bits per heavy atom. The number of aromatic carboxylic acids is 1. The molecule has 0 spiro atoms. The molecule has 0 amide bonds. The highest BCUT2D eigenvalue weighted by Crippen LogP contribution is 2.26. The molecule has 2 aromatic rings. The first-order valence-electron chi connectivity index (χ1n) is 8.71. The summed E-state index contributed by atoms with van der Waals surface area (Å²) in [7, 11) is 0. The van der Waals surface area contributed by atoms with Gasteiger partial charge in [0.05, 0.1) is 11.1 Å². The molecule has 0 saturated carbocycles. The maximum absolute atomic E-state index is 12.6. The van der Waals surface area contributed by atoms with Gasteiger partial charge < -0.3 is 9.84 Å². The quantitative estimate of drug-likeness (QED) is 0.500. The van der Waals surface area contributed by atoms with E-state index in [0.717, 1.165) is 37.7 Å². The van der Waals surface area contributed by atoms with E-state index in [0.29, 0.717) is 0 Å². The van der Waals surface area contributed by atoms with Crippen molar-refractivity contribution >= 4 is 11.9 Å². The van der Waals surface area contributed by atoms with E-state index < -0.39 is 11.9 Å². The Morgan fingerprint density at radius 2 is 1.56 bits per heavy atom. The highest BCUT2D eigenvalue weighted by atomic mass is 16.5. The van der Waals surface area contributed by atoms with Crippen LogP contribution in [-0.4, -0.2) is 17.0 Å². The number of hydrogen-bond acceptors (Lipinski definition) is 3. The summed E-state index contributed by atoms with van der Waals surface area (Å²) < 4.78 is 5.69. The Bertz CT molecular complexity index is 694. The molecule has 0 heterocycles. The Kier molecular flexibility index (Phi) is 7.20. The van der Waals surface area contributed by atoms with Crippen LogP contribution >= 0.6 is 0 Å². The van der Waals surface area contributed by atoms with Gasteiger partial charge >= 0.3 is 11.9 Å². The second-order valence-corrected chi connectivity index (χ2v) is 6.00. The van der Waals surface area contributed by atoms with Gasteiger partial charge in [-0.05, 0) is 30.5 Å². The maximum Gasteiger partial charge on any atom is 0.339 e. The molecule has 4 nitrogen and oxygen atoms in total. The van der Waals surface area contributed by atoms with Crippen LogP contribution in [0.5, 0.6) is 0 Å². The molecular weight excluding hydrogens is 316 g/mol. The van der Waals surface area contributed by atoms with Gasteiger partial charge in [-0.1, -0.05) is 68.7 Å². The Labute approximate surface area is 148 Å². The molecule has 0 aliphatic carbocycles. The lowest BCUT2D eigenvalue weighted by Crippen LogP contribution is -2.15. The zero-order valence-corrected chi connectivity index (χ0v) is 14.5. The first-order chi connectivity index (χ1) is 12.1. The molecule has 0 aliphatic rings. The van der Waals surface area contributed by atoms with Crippen LogP contribution in [0.25, 0.3) is 0 Å². The number of rotatable bonds is 9. The van der Waals surface area contributed by atoms with Gasteiger partial charge in [0.1, 0.15) is 6.10 Å². The fraction of sp³-hybridized carbons (Fsp3) is 0.333. The van der Waals surface area contributed by atoms with Crippen molar-refractivity contribution in [3.05, 3.63) is 71.3 Å². The van der Waals surface area contributed by atoms with Crippen molar-refractivity contribution in [2.45, 2.75) is 45.1 Å². The molecule has 2 aromatic carbocycles. The monoisotopic (exact) mass is 340 g/mol. The average molecular weight is 340 g/mol. The number of unbranched alkanes of at least 4 members (excludes halogenated alkanes) is 3. The summed E-state index contributed by atoms with van der Waals surface area (Å²) in [5.41, 5.74) is 0.981. The third-order valence-electron chi connectivity index (χ3n) is 4.12. The molecule has 0 aliphatic heterocycles. The van der Waals surface area contributed by atoms with E-state index in [1.165, 1.54) is 12.1 Å². The van der Waals surface area contributed by atoms with Gasteiger partial charge in [-0.25, -0.2) is 9.59 Å². The van der Waals surface area contributed by atoms with Crippen LogP contribution in [0.1, 0.15) is 71.4 Å². The molecule has 1 unspecified atom stereocenters. The normalized spacial score (nSPS) is 11.7. The smallest absolute Gasteiger partial charge is 0.339 e. The number of carbonyl (C=O) groups excluding carboxylic acids is 1. The van der Waals surface area contributed by atoms with Crippen LogP contribution in [0.4, 0.5) is 0 Å². The number of benzene rings is 2. The number of carbonyl (C=O) groups is 2. The summed E-state index contributed by atoms with van der Waals surface area (Å²) in [6.45, 7) is 2.15. The van der Waals surface area contributed by atoms with E-state index >= 15 is 0 Å². The largest absolute Gasteiger partial charge is 0.478 e. The van der Waals surface area contributed by atoms with Crippen molar-refractivity contribution in [2.75, 3.05) is 0 Å². The van der Waals surface area contributed by atoms with Gasteiger partial charge in [0.25, 0.3) is 0 Å². The van der Waals surface area contributed by atoms with E-state index in [-0.39, 0.29) is 17.2 Å². The van der Waals surface area contributed by atoms with E-state index in [4.69, 9.17) is 4.74 Å². The van der Waals surface area contributed by atoms with Gasteiger partial charge in [0.15, 0.2) is 0 Å². The fourth-order valence-electron chi connectivity index (χ4n) is 2.76. The number of carboxylic acid groups (broad SMARTS) is 1. The number of esters is 1. The van der Waals surface area contributed by atoms with Crippen molar-refractivity contribution in [2.24, 2.45) is 0 Å². The topological polar surface area (TPSA) is 63.6 Å². The summed E-state index contributed by atoms with van der Waals surface area (Å²) in [5, 5.41) is 9.26. The molecule has 4 heteroatoms. The van der Waals surface area contributed by atoms with Crippen LogP contribution < -0.4 is 0 Å². The van der Waals surface area contributed by atoms with Gasteiger partial charge in [-0.15, -0.1) is 0 Å². The predicted molar refractivity (Wildman–Crippen MR) is 96.8 cm³/mol. The molecule has 0 radical (unpaired) electrons. The molecule has 0 bridgehead atoms. The summed E-state index contributed by atoms with van der Waals surface area (Å²) in [5.74, 6) is -1.73. The third-order valence-corrected chi connectivity index (χ3v) is 4.12. The maximum atomic E-state index is 12.6. The van der Waals surface area contributed by atoms with Crippen molar-refractivity contribution in [1.29, 1.82) is 0 Å². The van der Waals surface area contributed by atoms with E-state index in [2.05, 4.69) is 6.92 Å². The van der Waals surface area contributed by atoms with Crippen LogP contribution in [-0.2, 0) is 4.74 Å². The fourth-order valence-corrected chi connectivity index (χ4v) is 2.76. The number of ether oxygens (including phenoxy) is 1. The lowest BCUT2D eigenvalue weighted by atomic mass is 10.0. The lowest BCUT2D eigenvalue weighted by molar-refractivity contribution is 0.0265. The molecule has 132 valence electrons. The summed E-state index contributed by atoms with van der Waals surface area (Å²) in [6, 6.07) is 15.7. The Hall–Kier alpha value is -2.62. The number of hydrogen-bond donors (Lipinski definition) is 1. The molecule has 1 N–H and O–H groups in total. The zero-order chi connectivity index (χ0) is 18.1. The molecule has 0 saturated heterocycles. The Balaban J connectivity index is 2.15. The molecule has 1 atom stereocenters. The second-order valence-electron chi connectivity index (χ2n) is 6.00. The minimum absolute atomic E-state index is 0.0368. The predicted octanol–water partition coefficient (Wildman–Crippen LogP) is 5.25. The van der Waals surface area contributed by atoms with Crippen LogP contribution in [0, 0.1) is 0 Å². The van der Waals surface area contributed by atoms with Crippen LogP contribution in [0.15, 0.2) is 54.6 Å². The zero-order valence-electron chi connectivity index (χ0n) is 14.5. The molecule has 2 rings (SSSR count). The van der Waals surface area contributed by atoms with Crippen molar-refractivity contribution < 1.29 is 19.4 Å². The van der Waals surface area contributed by atoms with Gasteiger partial charge in [0.2, 0.25) is 0 Å². The van der Waals surface area contributed by atoms with Gasteiger partial charge in [0, 0.05) is 0 Å². The van der Waals surface area contributed by atoms with Crippen LogP contribution in [0.2, 0.25) is 0 Å². The second kappa shape index (κ2) is 9.62.